The van der Waals surface area contributed by atoms with Crippen molar-refractivity contribution < 1.29 is 4.39 Å². The number of guanidine groups is 1. The average molecular weight is 392 g/mol. The van der Waals surface area contributed by atoms with E-state index in [9.17, 15) is 4.39 Å². The van der Waals surface area contributed by atoms with Crippen LogP contribution in [0.3, 0.4) is 0 Å². The van der Waals surface area contributed by atoms with Gasteiger partial charge in [-0.1, -0.05) is 6.07 Å². The van der Waals surface area contributed by atoms with Gasteiger partial charge in [-0.25, -0.2) is 9.37 Å². The van der Waals surface area contributed by atoms with Crippen molar-refractivity contribution in [3.05, 3.63) is 71.6 Å². The number of hydrogen-bond acceptors (Lipinski definition) is 2. The molecule has 0 saturated carbocycles. The Bertz CT molecular complexity index is 1160. The number of rotatable bonds is 6. The molecule has 150 valence electrons. The molecule has 4 rings (SSSR count). The second kappa shape index (κ2) is 8.34. The zero-order valence-corrected chi connectivity index (χ0v) is 16.7. The monoisotopic (exact) mass is 392 g/mol. The lowest BCUT2D eigenvalue weighted by molar-refractivity contribution is 0.629. The van der Waals surface area contributed by atoms with Crippen LogP contribution in [0.2, 0.25) is 0 Å². The predicted molar refractivity (Wildman–Crippen MR) is 115 cm³/mol. The summed E-state index contributed by atoms with van der Waals surface area (Å²) in [4.78, 5) is 12.2. The third-order valence-electron chi connectivity index (χ3n) is 5.04. The molecule has 6 nitrogen and oxygen atoms in total. The minimum Gasteiger partial charge on any atom is -0.361 e. The van der Waals surface area contributed by atoms with E-state index in [2.05, 4.69) is 44.2 Å². The molecular formula is C22H25FN6. The number of nitrogens with zero attached hydrogens (tertiary/aromatic N) is 3. The van der Waals surface area contributed by atoms with E-state index in [1.165, 1.54) is 11.6 Å². The molecule has 4 aromatic rings. The van der Waals surface area contributed by atoms with Crippen molar-refractivity contribution in [2.75, 3.05) is 20.1 Å². The number of aryl methyl sites for hydroxylation is 1. The third-order valence-corrected chi connectivity index (χ3v) is 5.04. The molecule has 1 aromatic carbocycles. The zero-order chi connectivity index (χ0) is 20.2. The Morgan fingerprint density at radius 2 is 2.03 bits per heavy atom. The van der Waals surface area contributed by atoms with E-state index in [4.69, 9.17) is 4.98 Å². The molecule has 0 radical (unpaired) electrons. The second-order valence-corrected chi connectivity index (χ2v) is 7.08. The number of nitrogens with one attached hydrogen (secondary N) is 3. The van der Waals surface area contributed by atoms with Gasteiger partial charge >= 0.3 is 0 Å². The van der Waals surface area contributed by atoms with E-state index < -0.39 is 0 Å². The molecule has 0 unspecified atom stereocenters. The van der Waals surface area contributed by atoms with E-state index in [0.29, 0.717) is 6.54 Å². The Morgan fingerprint density at radius 1 is 1.21 bits per heavy atom. The fourth-order valence-electron chi connectivity index (χ4n) is 3.53. The van der Waals surface area contributed by atoms with E-state index in [0.717, 1.165) is 53.2 Å². The highest BCUT2D eigenvalue weighted by molar-refractivity contribution is 5.83. The summed E-state index contributed by atoms with van der Waals surface area (Å²) in [7, 11) is 1.75. The number of pyridine rings is 1. The van der Waals surface area contributed by atoms with Crippen LogP contribution in [0.5, 0.6) is 0 Å². The van der Waals surface area contributed by atoms with Crippen LogP contribution in [-0.4, -0.2) is 40.5 Å². The highest BCUT2D eigenvalue weighted by Gasteiger charge is 2.07. The first-order valence-electron chi connectivity index (χ1n) is 9.77. The Morgan fingerprint density at radius 3 is 2.83 bits per heavy atom. The van der Waals surface area contributed by atoms with Gasteiger partial charge in [0.25, 0.3) is 0 Å². The van der Waals surface area contributed by atoms with Crippen molar-refractivity contribution in [1.29, 1.82) is 0 Å². The Labute approximate surface area is 168 Å². The molecule has 7 heteroatoms. The first-order valence-corrected chi connectivity index (χ1v) is 9.77. The van der Waals surface area contributed by atoms with Gasteiger partial charge in [0.05, 0.1) is 5.69 Å². The van der Waals surface area contributed by atoms with Crippen molar-refractivity contribution in [2.45, 2.75) is 19.8 Å². The summed E-state index contributed by atoms with van der Waals surface area (Å²) >= 11 is 0. The van der Waals surface area contributed by atoms with Gasteiger partial charge in [-0.3, -0.25) is 4.99 Å². The number of hydrogen-bond donors (Lipinski definition) is 3. The molecule has 0 spiro atoms. The lowest BCUT2D eigenvalue weighted by atomic mass is 10.1. The first-order chi connectivity index (χ1) is 14.1. The molecule has 0 amide bonds. The SMILES string of the molecule is CN=C(NCCc1cn2cccc(C)c2n1)NCCc1c[nH]c2ccc(F)cc12. The largest absolute Gasteiger partial charge is 0.361 e. The van der Waals surface area contributed by atoms with Crippen LogP contribution >= 0.6 is 0 Å². The number of imidazole rings is 1. The maximum Gasteiger partial charge on any atom is 0.190 e. The van der Waals surface area contributed by atoms with E-state index in [-0.39, 0.29) is 5.82 Å². The molecule has 0 fully saturated rings. The lowest BCUT2D eigenvalue weighted by Gasteiger charge is -2.11. The summed E-state index contributed by atoms with van der Waals surface area (Å²) in [5.74, 6) is 0.530. The van der Waals surface area contributed by atoms with E-state index >= 15 is 0 Å². The molecule has 0 aliphatic heterocycles. The number of H-pyrrole nitrogens is 1. The van der Waals surface area contributed by atoms with Crippen molar-refractivity contribution >= 4 is 22.5 Å². The molecule has 0 aliphatic carbocycles. The quantitative estimate of drug-likeness (QED) is 0.349. The van der Waals surface area contributed by atoms with Gasteiger partial charge in [-0.2, -0.15) is 0 Å². The number of aromatic amines is 1. The Kier molecular flexibility index (Phi) is 5.46. The highest BCUT2D eigenvalue weighted by Crippen LogP contribution is 2.19. The smallest absolute Gasteiger partial charge is 0.190 e. The maximum atomic E-state index is 13.5. The normalized spacial score (nSPS) is 12.0. The predicted octanol–water partition coefficient (Wildman–Crippen LogP) is 3.21. The number of aliphatic imine (C=N–C) groups is 1. The van der Waals surface area contributed by atoms with Crippen LogP contribution in [0.15, 0.2) is 53.9 Å². The molecule has 29 heavy (non-hydrogen) atoms. The molecule has 0 bridgehead atoms. The number of halogens is 1. The fraction of sp³-hybridized carbons (Fsp3) is 0.273. The maximum absolute atomic E-state index is 13.5. The van der Waals surface area contributed by atoms with Crippen molar-refractivity contribution in [3.8, 4) is 0 Å². The minimum atomic E-state index is -0.217. The molecule has 0 saturated heterocycles. The topological polar surface area (TPSA) is 69.5 Å². The van der Waals surface area contributed by atoms with Crippen LogP contribution < -0.4 is 10.6 Å². The third kappa shape index (κ3) is 4.23. The molecular weight excluding hydrogens is 367 g/mol. The molecule has 3 heterocycles. The van der Waals surface area contributed by atoms with Crippen LogP contribution in [0, 0.1) is 12.7 Å². The van der Waals surface area contributed by atoms with Gasteiger partial charge in [-0.15, -0.1) is 0 Å². The van der Waals surface area contributed by atoms with Crippen LogP contribution in [0.4, 0.5) is 4.39 Å². The van der Waals surface area contributed by atoms with Crippen LogP contribution in [0.1, 0.15) is 16.8 Å². The summed E-state index contributed by atoms with van der Waals surface area (Å²) in [6.45, 7) is 3.51. The zero-order valence-electron chi connectivity index (χ0n) is 16.7. The molecule has 0 atom stereocenters. The fourth-order valence-corrected chi connectivity index (χ4v) is 3.53. The van der Waals surface area contributed by atoms with E-state index in [1.807, 2.05) is 18.5 Å². The molecule has 3 aromatic heterocycles. The van der Waals surface area contributed by atoms with Crippen molar-refractivity contribution in [1.82, 2.24) is 25.0 Å². The summed E-state index contributed by atoms with van der Waals surface area (Å²) in [6, 6.07) is 8.91. The number of fused-ring (bicyclic) bond motifs is 2. The van der Waals surface area contributed by atoms with Crippen LogP contribution in [-0.2, 0) is 12.8 Å². The number of benzene rings is 1. The number of aromatic nitrogens is 3. The van der Waals surface area contributed by atoms with Gasteiger partial charge in [-0.05, 0) is 48.7 Å². The van der Waals surface area contributed by atoms with Crippen molar-refractivity contribution in [3.63, 3.8) is 0 Å². The van der Waals surface area contributed by atoms with Crippen LogP contribution in [0.25, 0.3) is 16.6 Å². The van der Waals surface area contributed by atoms with Gasteiger partial charge in [0.15, 0.2) is 5.96 Å². The van der Waals surface area contributed by atoms with Gasteiger partial charge in [0.2, 0.25) is 0 Å². The second-order valence-electron chi connectivity index (χ2n) is 7.08. The Balaban J connectivity index is 1.28. The molecule has 3 N–H and O–H groups in total. The van der Waals surface area contributed by atoms with E-state index in [1.54, 1.807) is 19.2 Å². The van der Waals surface area contributed by atoms with Gasteiger partial charge in [0, 0.05) is 56.1 Å². The van der Waals surface area contributed by atoms with Crippen molar-refractivity contribution in [2.24, 2.45) is 4.99 Å². The standard InChI is InChI=1S/C22H25FN6/c1-15-4-3-11-29-14-18(28-21(15)29)8-10-26-22(24-2)25-9-7-16-13-27-20-6-5-17(23)12-19(16)20/h3-6,11-14,27H,7-10H2,1-2H3,(H2,24,25,26). The van der Waals surface area contributed by atoms with Gasteiger partial charge < -0.3 is 20.0 Å². The summed E-state index contributed by atoms with van der Waals surface area (Å²) in [5.41, 5.74) is 5.25. The highest BCUT2D eigenvalue weighted by atomic mass is 19.1. The van der Waals surface area contributed by atoms with Gasteiger partial charge in [0.1, 0.15) is 11.5 Å². The lowest BCUT2D eigenvalue weighted by Crippen LogP contribution is -2.39. The summed E-state index contributed by atoms with van der Waals surface area (Å²) in [6.07, 6.45) is 7.60. The minimum absolute atomic E-state index is 0.217. The summed E-state index contributed by atoms with van der Waals surface area (Å²) in [5, 5.41) is 7.57. The average Bonchev–Trinajstić information content (AvgIpc) is 3.31. The summed E-state index contributed by atoms with van der Waals surface area (Å²) < 4.78 is 15.6. The molecule has 0 aliphatic rings. The Hall–Kier alpha value is -3.35. The first kappa shape index (κ1) is 19.0.